The van der Waals surface area contributed by atoms with Gasteiger partial charge in [-0.2, -0.15) is 0 Å². The Labute approximate surface area is 99.3 Å². The Hall–Kier alpha value is -0.820. The normalized spacial score (nSPS) is 19.8. The minimum atomic E-state index is 0.257. The zero-order chi connectivity index (χ0) is 11.8. The molecule has 1 aliphatic carbocycles. The summed E-state index contributed by atoms with van der Waals surface area (Å²) in [6.45, 7) is 9.21. The van der Waals surface area contributed by atoms with Crippen LogP contribution in [0.5, 0.6) is 0 Å². The maximum atomic E-state index is 3.80. The summed E-state index contributed by atoms with van der Waals surface area (Å²) in [7, 11) is 0. The molecular formula is C15H23N. The van der Waals surface area contributed by atoms with E-state index in [1.807, 2.05) is 0 Å². The summed E-state index contributed by atoms with van der Waals surface area (Å²) in [4.78, 5) is 0. The maximum Gasteiger partial charge on any atom is 0.0236 e. The average Bonchev–Trinajstić information content (AvgIpc) is 2.53. The Kier molecular flexibility index (Phi) is 3.07. The van der Waals surface area contributed by atoms with Crippen LogP contribution in [0.2, 0.25) is 0 Å². The predicted molar refractivity (Wildman–Crippen MR) is 69.7 cm³/mol. The molecule has 88 valence electrons. The smallest absolute Gasteiger partial charge is 0.0236 e. The van der Waals surface area contributed by atoms with Crippen LogP contribution in [-0.2, 0) is 12.8 Å². The molecule has 1 aromatic rings. The monoisotopic (exact) mass is 217 g/mol. The van der Waals surface area contributed by atoms with E-state index in [-0.39, 0.29) is 5.54 Å². The van der Waals surface area contributed by atoms with Crippen LogP contribution in [0.3, 0.4) is 0 Å². The van der Waals surface area contributed by atoms with Gasteiger partial charge >= 0.3 is 0 Å². The molecule has 1 heteroatoms. The largest absolute Gasteiger partial charge is 0.308 e. The first-order valence-electron chi connectivity index (χ1n) is 6.35. The van der Waals surface area contributed by atoms with Crippen molar-refractivity contribution in [1.29, 1.82) is 0 Å². The van der Waals surface area contributed by atoms with Crippen LogP contribution in [0.4, 0.5) is 0 Å². The van der Waals surface area contributed by atoms with Crippen LogP contribution in [-0.4, -0.2) is 11.6 Å². The van der Waals surface area contributed by atoms with Crippen molar-refractivity contribution in [1.82, 2.24) is 5.32 Å². The van der Waals surface area contributed by atoms with E-state index in [4.69, 9.17) is 0 Å². The molecule has 2 rings (SSSR count). The second-order valence-electron chi connectivity index (χ2n) is 5.86. The molecule has 0 aliphatic heterocycles. The third-order valence-corrected chi connectivity index (χ3v) is 3.86. The number of hydrogen-bond acceptors (Lipinski definition) is 1. The molecule has 1 nitrogen and oxygen atoms in total. The van der Waals surface area contributed by atoms with Gasteiger partial charge in [0.05, 0.1) is 0 Å². The van der Waals surface area contributed by atoms with Gasteiger partial charge in [-0.15, -0.1) is 0 Å². The molecule has 16 heavy (non-hydrogen) atoms. The molecule has 0 saturated carbocycles. The quantitative estimate of drug-likeness (QED) is 0.820. The molecule has 0 radical (unpaired) electrons. The fraction of sp³-hybridized carbons (Fsp3) is 0.600. The minimum Gasteiger partial charge on any atom is -0.308 e. The van der Waals surface area contributed by atoms with Crippen molar-refractivity contribution in [2.45, 2.75) is 52.1 Å². The standard InChI is InChI=1S/C15H23N/c1-11(2)12(3)16-15(4)9-13-7-5-6-8-14(13)10-15/h5-8,11-12,16H,9-10H2,1-4H3. The van der Waals surface area contributed by atoms with Crippen LogP contribution in [0.25, 0.3) is 0 Å². The van der Waals surface area contributed by atoms with Crippen molar-refractivity contribution in [3.05, 3.63) is 35.4 Å². The Morgan fingerprint density at radius 2 is 1.56 bits per heavy atom. The minimum absolute atomic E-state index is 0.257. The molecule has 0 heterocycles. The highest BCUT2D eigenvalue weighted by Gasteiger charge is 2.33. The fourth-order valence-corrected chi connectivity index (χ4v) is 2.62. The highest BCUT2D eigenvalue weighted by molar-refractivity contribution is 5.35. The maximum absolute atomic E-state index is 3.80. The molecular weight excluding hydrogens is 194 g/mol. The van der Waals surface area contributed by atoms with Gasteiger partial charge < -0.3 is 5.32 Å². The summed E-state index contributed by atoms with van der Waals surface area (Å²) < 4.78 is 0. The molecule has 1 aliphatic rings. The number of benzene rings is 1. The second-order valence-corrected chi connectivity index (χ2v) is 5.86. The Morgan fingerprint density at radius 1 is 1.06 bits per heavy atom. The number of fused-ring (bicyclic) bond motifs is 1. The molecule has 1 atom stereocenters. The summed E-state index contributed by atoms with van der Waals surface area (Å²) in [6, 6.07) is 9.41. The van der Waals surface area contributed by atoms with Crippen molar-refractivity contribution >= 4 is 0 Å². The average molecular weight is 217 g/mol. The van der Waals surface area contributed by atoms with E-state index in [0.717, 1.165) is 0 Å². The molecule has 0 fully saturated rings. The van der Waals surface area contributed by atoms with E-state index in [1.165, 1.54) is 24.0 Å². The SMILES string of the molecule is CC(C)C(C)NC1(C)Cc2ccccc2C1. The van der Waals surface area contributed by atoms with E-state index < -0.39 is 0 Å². The lowest BCUT2D eigenvalue weighted by Gasteiger charge is -2.31. The molecule has 0 spiro atoms. The van der Waals surface area contributed by atoms with Crippen molar-refractivity contribution in [2.24, 2.45) is 5.92 Å². The van der Waals surface area contributed by atoms with E-state index in [1.54, 1.807) is 0 Å². The molecule has 0 amide bonds. The van der Waals surface area contributed by atoms with Gasteiger partial charge in [-0.3, -0.25) is 0 Å². The second kappa shape index (κ2) is 4.21. The zero-order valence-electron chi connectivity index (χ0n) is 10.9. The number of hydrogen-bond donors (Lipinski definition) is 1. The molecule has 1 aromatic carbocycles. The summed E-state index contributed by atoms with van der Waals surface area (Å²) in [5.41, 5.74) is 3.30. The highest BCUT2D eigenvalue weighted by atomic mass is 15.0. The lowest BCUT2D eigenvalue weighted by Crippen LogP contribution is -2.49. The van der Waals surface area contributed by atoms with E-state index >= 15 is 0 Å². The first-order valence-corrected chi connectivity index (χ1v) is 6.35. The number of nitrogens with one attached hydrogen (secondary N) is 1. The van der Waals surface area contributed by atoms with Gasteiger partial charge in [0.2, 0.25) is 0 Å². The molecule has 0 aromatic heterocycles. The van der Waals surface area contributed by atoms with Crippen LogP contribution in [0.15, 0.2) is 24.3 Å². The zero-order valence-corrected chi connectivity index (χ0v) is 10.9. The Balaban J connectivity index is 2.09. The van der Waals surface area contributed by atoms with Crippen LogP contribution >= 0.6 is 0 Å². The number of rotatable bonds is 3. The summed E-state index contributed by atoms with van der Waals surface area (Å²) >= 11 is 0. The first kappa shape index (κ1) is 11.7. The van der Waals surface area contributed by atoms with Gasteiger partial charge in [-0.1, -0.05) is 38.1 Å². The molecule has 0 bridgehead atoms. The lowest BCUT2D eigenvalue weighted by molar-refractivity contribution is 0.289. The summed E-state index contributed by atoms with van der Waals surface area (Å²) in [5.74, 6) is 0.695. The van der Waals surface area contributed by atoms with Gasteiger partial charge in [0.1, 0.15) is 0 Å². The van der Waals surface area contributed by atoms with Gasteiger partial charge in [0, 0.05) is 11.6 Å². The third-order valence-electron chi connectivity index (χ3n) is 3.86. The highest BCUT2D eigenvalue weighted by Crippen LogP contribution is 2.30. The lowest BCUT2D eigenvalue weighted by atomic mass is 9.94. The van der Waals surface area contributed by atoms with Gasteiger partial charge in [0.25, 0.3) is 0 Å². The topological polar surface area (TPSA) is 12.0 Å². The summed E-state index contributed by atoms with van der Waals surface area (Å²) in [5, 5.41) is 3.80. The van der Waals surface area contributed by atoms with E-state index in [2.05, 4.69) is 57.3 Å². The third kappa shape index (κ3) is 2.30. The van der Waals surface area contributed by atoms with E-state index in [0.29, 0.717) is 12.0 Å². The van der Waals surface area contributed by atoms with Crippen molar-refractivity contribution < 1.29 is 0 Å². The molecule has 1 unspecified atom stereocenters. The van der Waals surface area contributed by atoms with Crippen LogP contribution < -0.4 is 5.32 Å². The van der Waals surface area contributed by atoms with E-state index in [9.17, 15) is 0 Å². The summed E-state index contributed by atoms with van der Waals surface area (Å²) in [6.07, 6.45) is 2.33. The predicted octanol–water partition coefficient (Wildman–Crippen LogP) is 3.18. The molecule has 0 saturated heterocycles. The van der Waals surface area contributed by atoms with Crippen molar-refractivity contribution in [3.8, 4) is 0 Å². The van der Waals surface area contributed by atoms with Gasteiger partial charge in [-0.05, 0) is 43.7 Å². The van der Waals surface area contributed by atoms with Crippen LogP contribution in [0.1, 0.15) is 38.8 Å². The fourth-order valence-electron chi connectivity index (χ4n) is 2.62. The van der Waals surface area contributed by atoms with Gasteiger partial charge in [0.15, 0.2) is 0 Å². The van der Waals surface area contributed by atoms with Gasteiger partial charge in [-0.25, -0.2) is 0 Å². The Bertz CT molecular complexity index is 342. The first-order chi connectivity index (χ1) is 7.50. The molecule has 1 N–H and O–H groups in total. The van der Waals surface area contributed by atoms with Crippen LogP contribution in [0, 0.1) is 5.92 Å². The van der Waals surface area contributed by atoms with Crippen molar-refractivity contribution in [2.75, 3.05) is 0 Å². The van der Waals surface area contributed by atoms with Crippen molar-refractivity contribution in [3.63, 3.8) is 0 Å². The Morgan fingerprint density at radius 3 is 2.00 bits per heavy atom.